The smallest absolute Gasteiger partial charge is 0.128 e. The Labute approximate surface area is 84.4 Å². The number of nitrogen functional groups attached to an aromatic ring is 1. The molecule has 0 unspecified atom stereocenters. The Morgan fingerprint density at radius 3 is 2.71 bits per heavy atom. The molecule has 0 saturated heterocycles. The lowest BCUT2D eigenvalue weighted by Gasteiger charge is -2.21. The molecule has 1 aromatic heterocycles. The van der Waals surface area contributed by atoms with Gasteiger partial charge in [0, 0.05) is 13.1 Å². The summed E-state index contributed by atoms with van der Waals surface area (Å²) in [6.45, 7) is 3.76. The molecule has 4 heteroatoms. The Morgan fingerprint density at radius 2 is 2.21 bits per heavy atom. The minimum atomic E-state index is 0.145. The van der Waals surface area contributed by atoms with Gasteiger partial charge >= 0.3 is 0 Å². The van der Waals surface area contributed by atoms with E-state index in [9.17, 15) is 0 Å². The van der Waals surface area contributed by atoms with E-state index in [1.54, 1.807) is 6.20 Å². The van der Waals surface area contributed by atoms with Crippen molar-refractivity contribution in [2.75, 3.05) is 30.3 Å². The van der Waals surface area contributed by atoms with E-state index in [4.69, 9.17) is 10.8 Å². The first-order chi connectivity index (χ1) is 6.77. The Balaban J connectivity index is 2.71. The molecule has 0 aliphatic rings. The minimum absolute atomic E-state index is 0.145. The lowest BCUT2D eigenvalue weighted by molar-refractivity contribution is 0.301. The molecule has 3 N–H and O–H groups in total. The Kier molecular flexibility index (Phi) is 4.19. The lowest BCUT2D eigenvalue weighted by Crippen LogP contribution is -2.28. The standard InChI is InChI=1S/C10H17N3O/c1-2-5-13(6-7-14)10-4-3-9(11)8-12-10/h3-4,8,14H,2,5-7,11H2,1H3. The summed E-state index contributed by atoms with van der Waals surface area (Å²) in [4.78, 5) is 6.25. The average molecular weight is 195 g/mol. The van der Waals surface area contributed by atoms with Crippen LogP contribution in [0.3, 0.4) is 0 Å². The molecule has 0 aliphatic carbocycles. The molecule has 14 heavy (non-hydrogen) atoms. The first kappa shape index (κ1) is 10.8. The largest absolute Gasteiger partial charge is 0.397 e. The molecule has 1 aromatic rings. The van der Waals surface area contributed by atoms with Gasteiger partial charge in [0.2, 0.25) is 0 Å². The maximum Gasteiger partial charge on any atom is 0.128 e. The summed E-state index contributed by atoms with van der Waals surface area (Å²) in [5.41, 5.74) is 6.21. The van der Waals surface area contributed by atoms with Crippen molar-refractivity contribution in [3.05, 3.63) is 18.3 Å². The average Bonchev–Trinajstić information content (AvgIpc) is 2.19. The zero-order valence-corrected chi connectivity index (χ0v) is 8.48. The van der Waals surface area contributed by atoms with Gasteiger partial charge in [0.05, 0.1) is 18.5 Å². The molecule has 0 fully saturated rings. The van der Waals surface area contributed by atoms with Crippen molar-refractivity contribution in [2.24, 2.45) is 0 Å². The number of anilines is 2. The lowest BCUT2D eigenvalue weighted by atomic mass is 10.3. The second kappa shape index (κ2) is 5.44. The quantitative estimate of drug-likeness (QED) is 0.732. The van der Waals surface area contributed by atoms with Crippen LogP contribution in [0.2, 0.25) is 0 Å². The van der Waals surface area contributed by atoms with Gasteiger partial charge in [-0.1, -0.05) is 6.92 Å². The maximum atomic E-state index is 8.89. The molecule has 4 nitrogen and oxygen atoms in total. The third-order valence-corrected chi connectivity index (χ3v) is 1.96. The molecule has 0 spiro atoms. The third kappa shape index (κ3) is 2.88. The normalized spacial score (nSPS) is 10.1. The van der Waals surface area contributed by atoms with Gasteiger partial charge in [0.15, 0.2) is 0 Å². The second-order valence-corrected chi connectivity index (χ2v) is 3.16. The van der Waals surface area contributed by atoms with E-state index in [2.05, 4.69) is 11.9 Å². The van der Waals surface area contributed by atoms with Gasteiger partial charge in [-0.25, -0.2) is 4.98 Å². The molecule has 0 saturated carbocycles. The number of hydrogen-bond acceptors (Lipinski definition) is 4. The Bertz CT molecular complexity index is 255. The highest BCUT2D eigenvalue weighted by Gasteiger charge is 2.04. The van der Waals surface area contributed by atoms with Crippen LogP contribution in [0.1, 0.15) is 13.3 Å². The summed E-state index contributed by atoms with van der Waals surface area (Å²) >= 11 is 0. The van der Waals surface area contributed by atoms with Gasteiger partial charge in [-0.05, 0) is 18.6 Å². The van der Waals surface area contributed by atoms with Crippen LogP contribution >= 0.6 is 0 Å². The van der Waals surface area contributed by atoms with E-state index in [-0.39, 0.29) is 6.61 Å². The van der Waals surface area contributed by atoms with Crippen molar-refractivity contribution in [1.82, 2.24) is 4.98 Å². The Morgan fingerprint density at radius 1 is 1.43 bits per heavy atom. The maximum absolute atomic E-state index is 8.89. The fourth-order valence-electron chi connectivity index (χ4n) is 1.32. The number of nitrogens with zero attached hydrogens (tertiary/aromatic N) is 2. The summed E-state index contributed by atoms with van der Waals surface area (Å²) in [6, 6.07) is 3.70. The van der Waals surface area contributed by atoms with E-state index in [0.29, 0.717) is 12.2 Å². The number of aromatic nitrogens is 1. The monoisotopic (exact) mass is 195 g/mol. The van der Waals surface area contributed by atoms with Crippen molar-refractivity contribution in [3.8, 4) is 0 Å². The van der Waals surface area contributed by atoms with Crippen LogP contribution < -0.4 is 10.6 Å². The van der Waals surface area contributed by atoms with Crippen molar-refractivity contribution in [3.63, 3.8) is 0 Å². The van der Waals surface area contributed by atoms with Crippen LogP contribution in [-0.4, -0.2) is 29.8 Å². The molecule has 1 rings (SSSR count). The summed E-state index contributed by atoms with van der Waals surface area (Å²) in [6.07, 6.45) is 2.67. The second-order valence-electron chi connectivity index (χ2n) is 3.16. The Hall–Kier alpha value is -1.29. The van der Waals surface area contributed by atoms with Gasteiger partial charge in [-0.15, -0.1) is 0 Å². The molecular formula is C10H17N3O. The van der Waals surface area contributed by atoms with Crippen molar-refractivity contribution < 1.29 is 5.11 Å². The van der Waals surface area contributed by atoms with Gasteiger partial charge in [-0.2, -0.15) is 0 Å². The molecule has 0 bridgehead atoms. The summed E-state index contributed by atoms with van der Waals surface area (Å²) < 4.78 is 0. The van der Waals surface area contributed by atoms with Crippen LogP contribution in [0.15, 0.2) is 18.3 Å². The fraction of sp³-hybridized carbons (Fsp3) is 0.500. The number of aliphatic hydroxyl groups excluding tert-OH is 1. The van der Waals surface area contributed by atoms with Crippen LogP contribution in [0.4, 0.5) is 11.5 Å². The molecule has 0 aliphatic heterocycles. The van der Waals surface area contributed by atoms with Gasteiger partial charge in [0.1, 0.15) is 5.82 Å². The predicted octanol–water partition coefficient (Wildman–Crippen LogP) is 0.873. The molecule has 0 amide bonds. The summed E-state index contributed by atoms with van der Waals surface area (Å²) in [5.74, 6) is 0.870. The van der Waals surface area contributed by atoms with Crippen molar-refractivity contribution in [2.45, 2.75) is 13.3 Å². The highest BCUT2D eigenvalue weighted by molar-refractivity contribution is 5.45. The topological polar surface area (TPSA) is 62.4 Å². The van der Waals surface area contributed by atoms with E-state index in [1.807, 2.05) is 17.0 Å². The van der Waals surface area contributed by atoms with Crippen LogP contribution in [-0.2, 0) is 0 Å². The highest BCUT2D eigenvalue weighted by atomic mass is 16.3. The molecule has 1 heterocycles. The molecule has 0 radical (unpaired) electrons. The van der Waals surface area contributed by atoms with Gasteiger partial charge in [0.25, 0.3) is 0 Å². The van der Waals surface area contributed by atoms with Crippen LogP contribution in [0, 0.1) is 0 Å². The first-order valence-electron chi connectivity index (χ1n) is 4.85. The molecule has 0 atom stereocenters. The first-order valence-corrected chi connectivity index (χ1v) is 4.85. The van der Waals surface area contributed by atoms with E-state index >= 15 is 0 Å². The van der Waals surface area contributed by atoms with E-state index in [0.717, 1.165) is 18.8 Å². The zero-order valence-electron chi connectivity index (χ0n) is 8.48. The van der Waals surface area contributed by atoms with E-state index in [1.165, 1.54) is 0 Å². The number of nitrogens with two attached hydrogens (primary N) is 1. The summed E-state index contributed by atoms with van der Waals surface area (Å²) in [5, 5.41) is 8.89. The molecular weight excluding hydrogens is 178 g/mol. The predicted molar refractivity (Wildman–Crippen MR) is 58.2 cm³/mol. The highest BCUT2D eigenvalue weighted by Crippen LogP contribution is 2.11. The van der Waals surface area contributed by atoms with Gasteiger partial charge < -0.3 is 15.7 Å². The number of pyridine rings is 1. The third-order valence-electron chi connectivity index (χ3n) is 1.96. The molecule has 0 aromatic carbocycles. The van der Waals surface area contributed by atoms with Crippen molar-refractivity contribution in [1.29, 1.82) is 0 Å². The van der Waals surface area contributed by atoms with Crippen LogP contribution in [0.5, 0.6) is 0 Å². The summed E-state index contributed by atoms with van der Waals surface area (Å²) in [7, 11) is 0. The van der Waals surface area contributed by atoms with Crippen molar-refractivity contribution >= 4 is 11.5 Å². The van der Waals surface area contributed by atoms with Gasteiger partial charge in [-0.3, -0.25) is 0 Å². The van der Waals surface area contributed by atoms with E-state index < -0.39 is 0 Å². The zero-order chi connectivity index (χ0) is 10.4. The number of hydrogen-bond donors (Lipinski definition) is 2. The minimum Gasteiger partial charge on any atom is -0.397 e. The number of aliphatic hydroxyl groups is 1. The van der Waals surface area contributed by atoms with Crippen LogP contribution in [0.25, 0.3) is 0 Å². The fourth-order valence-corrected chi connectivity index (χ4v) is 1.32. The molecule has 78 valence electrons. The number of rotatable bonds is 5. The SMILES string of the molecule is CCCN(CCO)c1ccc(N)cn1.